The topological polar surface area (TPSA) is 34.1 Å². The van der Waals surface area contributed by atoms with E-state index >= 15 is 0 Å². The molecule has 1 aliphatic carbocycles. The predicted molar refractivity (Wildman–Crippen MR) is 87.4 cm³/mol. The van der Waals surface area contributed by atoms with E-state index in [0.717, 1.165) is 25.1 Å². The average Bonchev–Trinajstić information content (AvgIpc) is 2.45. The summed E-state index contributed by atoms with van der Waals surface area (Å²) in [6.07, 6.45) is 6.63. The lowest BCUT2D eigenvalue weighted by atomic mass is 9.67. The molecule has 118 valence electrons. The lowest BCUT2D eigenvalue weighted by Crippen LogP contribution is -2.49. The zero-order chi connectivity index (χ0) is 15.5. The molecule has 1 fully saturated rings. The molecule has 1 N–H and O–H groups in total. The second-order valence-electron chi connectivity index (χ2n) is 7.12. The maximum atomic E-state index is 6.31. The third-order valence-corrected chi connectivity index (χ3v) is 4.96. The van der Waals surface area contributed by atoms with Crippen molar-refractivity contribution in [2.24, 2.45) is 5.41 Å². The number of likely N-dealkylation sites (N-methyl/N-ethyl adjacent to an activating group) is 1. The van der Waals surface area contributed by atoms with Crippen molar-refractivity contribution in [3.8, 4) is 0 Å². The second kappa shape index (κ2) is 6.45. The van der Waals surface area contributed by atoms with Gasteiger partial charge < -0.3 is 10.1 Å². The molecule has 0 spiro atoms. The number of pyridine rings is 1. The van der Waals surface area contributed by atoms with E-state index in [-0.39, 0.29) is 11.6 Å². The summed E-state index contributed by atoms with van der Waals surface area (Å²) in [5.74, 6) is 0. The molecule has 1 saturated carbocycles. The number of rotatable bonds is 5. The smallest absolute Gasteiger partial charge is 0.0877 e. The summed E-state index contributed by atoms with van der Waals surface area (Å²) >= 11 is 0. The lowest BCUT2D eigenvalue weighted by Gasteiger charge is -2.47. The summed E-state index contributed by atoms with van der Waals surface area (Å²) < 4.78 is 6.31. The van der Waals surface area contributed by atoms with Gasteiger partial charge in [0.25, 0.3) is 0 Å². The minimum atomic E-state index is -0.101. The fraction of sp³-hybridized carbons (Fsp3) is 0.722. The van der Waals surface area contributed by atoms with Gasteiger partial charge in [0, 0.05) is 18.5 Å². The third-order valence-electron chi connectivity index (χ3n) is 4.96. The molecule has 0 aliphatic heterocycles. The standard InChI is InChI=1S/C18H30N2O/c1-6-21-18(11-9-17(3,4)10-12-18)16(19-5)15-8-7-14(2)20-13-15/h7-8,13,16,19H,6,9-12H2,1-5H3. The van der Waals surface area contributed by atoms with Crippen molar-refractivity contribution >= 4 is 0 Å². The van der Waals surface area contributed by atoms with Crippen molar-refractivity contribution in [3.05, 3.63) is 29.6 Å². The van der Waals surface area contributed by atoms with E-state index in [1.54, 1.807) is 0 Å². The highest BCUT2D eigenvalue weighted by Crippen LogP contribution is 2.47. The largest absolute Gasteiger partial charge is 0.373 e. The van der Waals surface area contributed by atoms with Crippen molar-refractivity contribution in [1.29, 1.82) is 0 Å². The van der Waals surface area contributed by atoms with Crippen LogP contribution in [0.25, 0.3) is 0 Å². The van der Waals surface area contributed by atoms with Gasteiger partial charge in [0.15, 0.2) is 0 Å². The first-order valence-electron chi connectivity index (χ1n) is 8.16. The van der Waals surface area contributed by atoms with Gasteiger partial charge in [0.1, 0.15) is 0 Å². The van der Waals surface area contributed by atoms with Crippen LogP contribution in [-0.4, -0.2) is 24.2 Å². The first kappa shape index (κ1) is 16.4. The molecular formula is C18H30N2O. The molecule has 0 radical (unpaired) electrons. The summed E-state index contributed by atoms with van der Waals surface area (Å²) in [6.45, 7) is 9.62. The van der Waals surface area contributed by atoms with Crippen molar-refractivity contribution in [2.75, 3.05) is 13.7 Å². The van der Waals surface area contributed by atoms with Crippen LogP contribution in [0.15, 0.2) is 18.3 Å². The molecule has 0 bridgehead atoms. The summed E-state index contributed by atoms with van der Waals surface area (Å²) in [6, 6.07) is 4.48. The highest BCUT2D eigenvalue weighted by molar-refractivity contribution is 5.21. The quantitative estimate of drug-likeness (QED) is 0.889. The molecule has 21 heavy (non-hydrogen) atoms. The number of aryl methyl sites for hydroxylation is 1. The molecular weight excluding hydrogens is 260 g/mol. The van der Waals surface area contributed by atoms with Crippen molar-refractivity contribution in [2.45, 2.75) is 65.0 Å². The average molecular weight is 290 g/mol. The van der Waals surface area contributed by atoms with Gasteiger partial charge in [0.2, 0.25) is 0 Å². The molecule has 1 aliphatic rings. The monoisotopic (exact) mass is 290 g/mol. The van der Waals surface area contributed by atoms with Crippen LogP contribution in [0, 0.1) is 12.3 Å². The maximum Gasteiger partial charge on any atom is 0.0877 e. The highest BCUT2D eigenvalue weighted by atomic mass is 16.5. The number of nitrogens with one attached hydrogen (secondary N) is 1. The zero-order valence-corrected chi connectivity index (χ0v) is 14.2. The summed E-state index contributed by atoms with van der Waals surface area (Å²) in [7, 11) is 2.03. The Labute approximate surface area is 129 Å². The molecule has 2 rings (SSSR count). The van der Waals surface area contributed by atoms with Crippen LogP contribution in [0.1, 0.15) is 63.8 Å². The summed E-state index contributed by atoms with van der Waals surface area (Å²) in [5, 5.41) is 3.50. The van der Waals surface area contributed by atoms with Gasteiger partial charge in [0.05, 0.1) is 11.6 Å². The maximum absolute atomic E-state index is 6.31. The van der Waals surface area contributed by atoms with Crippen LogP contribution in [-0.2, 0) is 4.74 Å². The van der Waals surface area contributed by atoms with Gasteiger partial charge in [-0.25, -0.2) is 0 Å². The van der Waals surface area contributed by atoms with Gasteiger partial charge in [-0.1, -0.05) is 19.9 Å². The van der Waals surface area contributed by atoms with Crippen LogP contribution < -0.4 is 5.32 Å². The molecule has 1 heterocycles. The number of aromatic nitrogens is 1. The Morgan fingerprint density at radius 3 is 2.38 bits per heavy atom. The number of hydrogen-bond acceptors (Lipinski definition) is 3. The number of hydrogen-bond donors (Lipinski definition) is 1. The zero-order valence-electron chi connectivity index (χ0n) is 14.2. The highest BCUT2D eigenvalue weighted by Gasteiger charge is 2.44. The minimum absolute atomic E-state index is 0.101. The van der Waals surface area contributed by atoms with Crippen LogP contribution in [0.4, 0.5) is 0 Å². The Morgan fingerprint density at radius 2 is 1.90 bits per heavy atom. The van der Waals surface area contributed by atoms with Crippen LogP contribution in [0.3, 0.4) is 0 Å². The number of ether oxygens (including phenoxy) is 1. The Kier molecular flexibility index (Phi) is 5.05. The van der Waals surface area contributed by atoms with Crippen molar-refractivity contribution in [3.63, 3.8) is 0 Å². The molecule has 1 atom stereocenters. The van der Waals surface area contributed by atoms with Gasteiger partial charge >= 0.3 is 0 Å². The lowest BCUT2D eigenvalue weighted by molar-refractivity contribution is -0.106. The van der Waals surface area contributed by atoms with Crippen LogP contribution in [0.5, 0.6) is 0 Å². The Hall–Kier alpha value is -0.930. The molecule has 1 aromatic rings. The Morgan fingerprint density at radius 1 is 1.24 bits per heavy atom. The fourth-order valence-electron chi connectivity index (χ4n) is 3.54. The van der Waals surface area contributed by atoms with Crippen molar-refractivity contribution < 1.29 is 4.74 Å². The van der Waals surface area contributed by atoms with Gasteiger partial charge in [-0.05, 0) is 63.6 Å². The van der Waals surface area contributed by atoms with E-state index in [2.05, 4.69) is 43.2 Å². The van der Waals surface area contributed by atoms with Crippen molar-refractivity contribution in [1.82, 2.24) is 10.3 Å². The van der Waals surface area contributed by atoms with Gasteiger partial charge in [-0.3, -0.25) is 4.98 Å². The molecule has 0 saturated heterocycles. The second-order valence-corrected chi connectivity index (χ2v) is 7.12. The van der Waals surface area contributed by atoms with E-state index in [4.69, 9.17) is 4.74 Å². The first-order chi connectivity index (χ1) is 9.92. The first-order valence-corrected chi connectivity index (χ1v) is 8.16. The van der Waals surface area contributed by atoms with Crippen LogP contribution >= 0.6 is 0 Å². The van der Waals surface area contributed by atoms with Crippen LogP contribution in [0.2, 0.25) is 0 Å². The fourth-order valence-corrected chi connectivity index (χ4v) is 3.54. The SMILES string of the molecule is CCOC1(C(NC)c2ccc(C)nc2)CCC(C)(C)CC1. The predicted octanol–water partition coefficient (Wildman–Crippen LogP) is 4.03. The van der Waals surface area contributed by atoms with E-state index in [0.29, 0.717) is 5.41 Å². The molecule has 1 aromatic heterocycles. The Bertz CT molecular complexity index is 443. The van der Waals surface area contributed by atoms with E-state index in [9.17, 15) is 0 Å². The molecule has 3 nitrogen and oxygen atoms in total. The minimum Gasteiger partial charge on any atom is -0.373 e. The Balaban J connectivity index is 2.28. The van der Waals surface area contributed by atoms with E-state index < -0.39 is 0 Å². The van der Waals surface area contributed by atoms with Gasteiger partial charge in [-0.2, -0.15) is 0 Å². The molecule has 3 heteroatoms. The summed E-state index contributed by atoms with van der Waals surface area (Å²) in [5.41, 5.74) is 2.63. The molecule has 0 amide bonds. The molecule has 1 unspecified atom stereocenters. The van der Waals surface area contributed by atoms with E-state index in [1.165, 1.54) is 18.4 Å². The third kappa shape index (κ3) is 3.64. The van der Waals surface area contributed by atoms with Gasteiger partial charge in [-0.15, -0.1) is 0 Å². The normalized spacial score (nSPS) is 22.0. The van der Waals surface area contributed by atoms with E-state index in [1.807, 2.05) is 20.2 Å². The summed E-state index contributed by atoms with van der Waals surface area (Å²) in [4.78, 5) is 4.47. The molecule has 0 aromatic carbocycles. The number of nitrogens with zero attached hydrogens (tertiary/aromatic N) is 1.